The molecule has 1 saturated heterocycles. The summed E-state index contributed by atoms with van der Waals surface area (Å²) >= 11 is 0. The Labute approximate surface area is 142 Å². The molecule has 128 valence electrons. The maximum absolute atomic E-state index is 12.1. The first-order chi connectivity index (χ1) is 11.7. The number of nitrogens with one attached hydrogen (secondary N) is 1. The molecule has 2 aromatic rings. The molecule has 2 heterocycles. The van der Waals surface area contributed by atoms with Crippen molar-refractivity contribution in [2.24, 2.45) is 5.92 Å². The first-order valence-electron chi connectivity index (χ1n) is 8.57. The summed E-state index contributed by atoms with van der Waals surface area (Å²) in [4.78, 5) is 14.5. The molecule has 0 unspecified atom stereocenters. The normalized spacial score (nSPS) is 16.2. The largest absolute Gasteiger partial charge is 0.461 e. The van der Waals surface area contributed by atoms with E-state index in [9.17, 15) is 4.79 Å². The third-order valence-corrected chi connectivity index (χ3v) is 4.56. The van der Waals surface area contributed by atoms with Crippen LogP contribution >= 0.6 is 0 Å². The highest BCUT2D eigenvalue weighted by molar-refractivity contribution is 5.94. The second kappa shape index (κ2) is 7.57. The number of piperidine rings is 1. The van der Waals surface area contributed by atoms with Crippen molar-refractivity contribution in [1.29, 1.82) is 0 Å². The second-order valence-electron chi connectivity index (χ2n) is 6.36. The highest BCUT2D eigenvalue weighted by Gasteiger charge is 2.22. The molecule has 0 aliphatic carbocycles. The zero-order chi connectivity index (χ0) is 16.9. The number of hydrogen-bond donors (Lipinski definition) is 1. The molecule has 6 heteroatoms. The first-order valence-corrected chi connectivity index (χ1v) is 8.57. The number of nitrogens with zero attached hydrogens (tertiary/aromatic N) is 3. The van der Waals surface area contributed by atoms with E-state index >= 15 is 0 Å². The van der Waals surface area contributed by atoms with Gasteiger partial charge in [-0.2, -0.15) is 10.3 Å². The Hall–Kier alpha value is -2.21. The molecular formula is C18H24N4O2. The van der Waals surface area contributed by atoms with Crippen molar-refractivity contribution in [3.05, 3.63) is 35.5 Å². The van der Waals surface area contributed by atoms with Crippen molar-refractivity contribution in [3.8, 4) is 11.3 Å². The van der Waals surface area contributed by atoms with Crippen LogP contribution in [0.25, 0.3) is 11.3 Å². The Morgan fingerprint density at radius 1 is 1.29 bits per heavy atom. The Morgan fingerprint density at radius 3 is 2.79 bits per heavy atom. The summed E-state index contributed by atoms with van der Waals surface area (Å²) in [5.74, 6) is 0.366. The van der Waals surface area contributed by atoms with Crippen LogP contribution in [0.2, 0.25) is 0 Å². The predicted molar refractivity (Wildman–Crippen MR) is 91.5 cm³/mol. The molecule has 1 fully saturated rings. The number of benzene rings is 1. The molecule has 1 aromatic heterocycles. The third kappa shape index (κ3) is 3.64. The van der Waals surface area contributed by atoms with Crippen LogP contribution < -0.4 is 0 Å². The maximum Gasteiger partial charge on any atom is 0.361 e. The van der Waals surface area contributed by atoms with E-state index in [4.69, 9.17) is 4.74 Å². The molecule has 0 bridgehead atoms. The lowest BCUT2D eigenvalue weighted by Gasteiger charge is -2.30. The first kappa shape index (κ1) is 16.6. The van der Waals surface area contributed by atoms with E-state index in [1.807, 2.05) is 18.2 Å². The molecule has 0 saturated carbocycles. The van der Waals surface area contributed by atoms with Crippen LogP contribution in [0, 0.1) is 5.92 Å². The Morgan fingerprint density at radius 2 is 2.04 bits per heavy atom. The molecular weight excluding hydrogens is 304 g/mol. The minimum Gasteiger partial charge on any atom is -0.461 e. The van der Waals surface area contributed by atoms with Crippen molar-refractivity contribution in [2.45, 2.75) is 33.2 Å². The molecule has 1 aliphatic rings. The molecule has 1 N–H and O–H groups in total. The number of aromatic amines is 1. The van der Waals surface area contributed by atoms with Crippen molar-refractivity contribution in [1.82, 2.24) is 20.3 Å². The number of carbonyl (C=O) groups excluding carboxylic acids is 1. The molecule has 3 rings (SSSR count). The highest BCUT2D eigenvalue weighted by Crippen LogP contribution is 2.27. The SMILES string of the molecule is CCOC(=O)c1n[nH]nc1-c1ccccc1CN1CCC(C)CC1. The highest BCUT2D eigenvalue weighted by atomic mass is 16.5. The number of H-pyrrole nitrogens is 1. The molecule has 0 spiro atoms. The van der Waals surface area contributed by atoms with E-state index in [0.717, 1.165) is 36.7 Å². The summed E-state index contributed by atoms with van der Waals surface area (Å²) in [6.45, 7) is 7.49. The zero-order valence-electron chi connectivity index (χ0n) is 14.3. The summed E-state index contributed by atoms with van der Waals surface area (Å²) in [6.07, 6.45) is 2.47. The predicted octanol–water partition coefficient (Wildman–Crippen LogP) is 2.88. The van der Waals surface area contributed by atoms with Gasteiger partial charge in [0.15, 0.2) is 5.69 Å². The molecule has 1 aliphatic heterocycles. The monoisotopic (exact) mass is 328 g/mol. The van der Waals surface area contributed by atoms with Gasteiger partial charge in [0.2, 0.25) is 0 Å². The Kier molecular flexibility index (Phi) is 5.25. The lowest BCUT2D eigenvalue weighted by molar-refractivity contribution is 0.0520. The van der Waals surface area contributed by atoms with Gasteiger partial charge in [-0.15, -0.1) is 5.10 Å². The van der Waals surface area contributed by atoms with Crippen molar-refractivity contribution < 1.29 is 9.53 Å². The van der Waals surface area contributed by atoms with E-state index < -0.39 is 5.97 Å². The quantitative estimate of drug-likeness (QED) is 0.855. The number of rotatable bonds is 5. The lowest BCUT2D eigenvalue weighted by Crippen LogP contribution is -2.32. The minimum atomic E-state index is -0.442. The lowest BCUT2D eigenvalue weighted by atomic mass is 9.97. The van der Waals surface area contributed by atoms with Gasteiger partial charge < -0.3 is 4.74 Å². The van der Waals surface area contributed by atoms with Crippen LogP contribution in [0.1, 0.15) is 42.7 Å². The average molecular weight is 328 g/mol. The van der Waals surface area contributed by atoms with E-state index in [-0.39, 0.29) is 5.69 Å². The summed E-state index contributed by atoms with van der Waals surface area (Å²) in [5.41, 5.74) is 2.91. The van der Waals surface area contributed by atoms with Crippen LogP contribution in [0.15, 0.2) is 24.3 Å². The zero-order valence-corrected chi connectivity index (χ0v) is 14.3. The van der Waals surface area contributed by atoms with Crippen LogP contribution in [0.3, 0.4) is 0 Å². The van der Waals surface area contributed by atoms with Gasteiger partial charge in [-0.05, 0) is 44.3 Å². The minimum absolute atomic E-state index is 0.247. The van der Waals surface area contributed by atoms with Gasteiger partial charge in [0, 0.05) is 12.1 Å². The topological polar surface area (TPSA) is 71.1 Å². The standard InChI is InChI=1S/C18H24N4O2/c1-3-24-18(23)17-16(19-21-20-17)15-7-5-4-6-14(15)12-22-10-8-13(2)9-11-22/h4-7,13H,3,8-12H2,1-2H3,(H,19,20,21). The smallest absolute Gasteiger partial charge is 0.361 e. The van der Waals surface area contributed by atoms with Gasteiger partial charge in [0.05, 0.1) is 6.61 Å². The second-order valence-corrected chi connectivity index (χ2v) is 6.36. The van der Waals surface area contributed by atoms with E-state index in [1.54, 1.807) is 6.92 Å². The molecule has 0 atom stereocenters. The van der Waals surface area contributed by atoms with Gasteiger partial charge in [-0.25, -0.2) is 4.79 Å². The molecule has 1 aromatic carbocycles. The number of likely N-dealkylation sites (tertiary alicyclic amines) is 1. The number of hydrogen-bond acceptors (Lipinski definition) is 5. The number of aromatic nitrogens is 3. The van der Waals surface area contributed by atoms with Gasteiger partial charge in [-0.3, -0.25) is 4.90 Å². The molecule has 0 radical (unpaired) electrons. The van der Waals surface area contributed by atoms with E-state index in [1.165, 1.54) is 12.8 Å². The van der Waals surface area contributed by atoms with Gasteiger partial charge in [0.1, 0.15) is 5.69 Å². The van der Waals surface area contributed by atoms with Crippen LogP contribution in [-0.2, 0) is 11.3 Å². The average Bonchev–Trinajstić information content (AvgIpc) is 3.07. The van der Waals surface area contributed by atoms with Crippen LogP contribution in [0.4, 0.5) is 0 Å². The van der Waals surface area contributed by atoms with Crippen LogP contribution in [-0.4, -0.2) is 46.0 Å². The third-order valence-electron chi connectivity index (χ3n) is 4.56. The fraction of sp³-hybridized carbons (Fsp3) is 0.500. The van der Waals surface area contributed by atoms with Gasteiger partial charge >= 0.3 is 5.97 Å². The van der Waals surface area contributed by atoms with Crippen molar-refractivity contribution in [2.75, 3.05) is 19.7 Å². The van der Waals surface area contributed by atoms with Crippen LogP contribution in [0.5, 0.6) is 0 Å². The van der Waals surface area contributed by atoms with Crippen molar-refractivity contribution >= 4 is 5.97 Å². The van der Waals surface area contributed by atoms with E-state index in [0.29, 0.717) is 12.3 Å². The molecule has 0 amide bonds. The molecule has 6 nitrogen and oxygen atoms in total. The summed E-state index contributed by atoms with van der Waals surface area (Å²) in [7, 11) is 0. The molecule has 24 heavy (non-hydrogen) atoms. The summed E-state index contributed by atoms with van der Waals surface area (Å²) in [5, 5.41) is 10.7. The Bertz CT molecular complexity index is 690. The van der Waals surface area contributed by atoms with Gasteiger partial charge in [-0.1, -0.05) is 31.2 Å². The fourth-order valence-electron chi connectivity index (χ4n) is 3.11. The number of carbonyl (C=O) groups is 1. The Balaban J connectivity index is 1.85. The van der Waals surface area contributed by atoms with Crippen molar-refractivity contribution in [3.63, 3.8) is 0 Å². The number of ether oxygens (including phenoxy) is 1. The van der Waals surface area contributed by atoms with Gasteiger partial charge in [0.25, 0.3) is 0 Å². The summed E-state index contributed by atoms with van der Waals surface area (Å²) in [6, 6.07) is 8.07. The van der Waals surface area contributed by atoms with E-state index in [2.05, 4.69) is 33.3 Å². The maximum atomic E-state index is 12.1. The summed E-state index contributed by atoms with van der Waals surface area (Å²) < 4.78 is 5.08. The fourth-order valence-corrected chi connectivity index (χ4v) is 3.11. The number of esters is 1.